The van der Waals surface area contributed by atoms with Gasteiger partial charge in [-0.05, 0) is 36.4 Å². The summed E-state index contributed by atoms with van der Waals surface area (Å²) < 4.78 is 39.6. The summed E-state index contributed by atoms with van der Waals surface area (Å²) in [4.78, 5) is 13.8. The van der Waals surface area contributed by atoms with E-state index in [1.807, 2.05) is 0 Å². The fourth-order valence-corrected chi connectivity index (χ4v) is 5.46. The zero-order valence-electron chi connectivity index (χ0n) is 13.1. The molecule has 0 aliphatic carbocycles. The largest absolute Gasteiger partial charge is 2.00 e. The van der Waals surface area contributed by atoms with Crippen molar-refractivity contribution in [3.63, 3.8) is 0 Å². The van der Waals surface area contributed by atoms with Gasteiger partial charge in [-0.25, -0.2) is 13.2 Å². The minimum atomic E-state index is -3.70. The Labute approximate surface area is 184 Å². The van der Waals surface area contributed by atoms with Gasteiger partial charge >= 0.3 is 23.1 Å². The molecule has 0 N–H and O–H groups in total. The summed E-state index contributed by atoms with van der Waals surface area (Å²) >= 11 is 0. The van der Waals surface area contributed by atoms with Gasteiger partial charge < -0.3 is 17.2 Å². The van der Waals surface area contributed by atoms with Gasteiger partial charge in [0.25, 0.3) is 0 Å². The summed E-state index contributed by atoms with van der Waals surface area (Å²) in [5.74, 6) is -1.32. The molecule has 3 rings (SSSR count). The first-order valence-corrected chi connectivity index (χ1v) is 8.89. The summed E-state index contributed by atoms with van der Waals surface area (Å²) in [7, 11) is -3.70. The minimum absolute atomic E-state index is 0. The zero-order chi connectivity index (χ0) is 16.4. The average molecular weight is 419 g/mol. The number of halogens is 4. The topological polar surface area (TPSA) is 23.1 Å². The molecule has 0 amide bonds. The van der Waals surface area contributed by atoms with Crippen molar-refractivity contribution in [3.8, 4) is 0 Å². The summed E-state index contributed by atoms with van der Waals surface area (Å²) in [6.45, 7) is 0. The molecule has 0 unspecified atom stereocenters. The molecule has 0 bridgehead atoms. The van der Waals surface area contributed by atoms with E-state index in [0.717, 1.165) is 0 Å². The molecule has 0 aromatic heterocycles. The Bertz CT molecular complexity index is 706. The summed E-state index contributed by atoms with van der Waals surface area (Å²) in [5.41, 5.74) is 0. The van der Waals surface area contributed by atoms with Crippen LogP contribution in [-0.4, -0.2) is 48.7 Å². The van der Waals surface area contributed by atoms with E-state index in [1.54, 1.807) is 0 Å². The van der Waals surface area contributed by atoms with E-state index in [9.17, 15) is 18.0 Å². The monoisotopic (exact) mass is 418 g/mol. The van der Waals surface area contributed by atoms with Crippen LogP contribution in [-0.2, 0) is 0 Å². The summed E-state index contributed by atoms with van der Waals surface area (Å²) in [5, 5.41) is 1.28. The molecule has 0 saturated heterocycles. The molecule has 26 heavy (non-hydrogen) atoms. The number of rotatable bonds is 3. The van der Waals surface area contributed by atoms with Gasteiger partial charge in [-0.2, -0.15) is 0 Å². The molecule has 8 heteroatoms. The maximum atomic E-state index is 13.8. The minimum Gasteiger partial charge on any atom is -1.00 e. The normalized spacial score (nSPS) is 10.2. The van der Waals surface area contributed by atoms with Crippen LogP contribution in [0, 0.1) is 17.5 Å². The molecule has 0 spiro atoms. The smallest absolute Gasteiger partial charge is 1.00 e. The Morgan fingerprint density at radius 1 is 0.538 bits per heavy atom. The van der Waals surface area contributed by atoms with E-state index in [1.165, 1.54) is 72.8 Å². The van der Waals surface area contributed by atoms with Crippen LogP contribution < -0.4 is 32.8 Å². The predicted molar refractivity (Wildman–Crippen MR) is 99.5 cm³/mol. The summed E-state index contributed by atoms with van der Waals surface area (Å²) in [6, 6.07) is 16.0. The van der Waals surface area contributed by atoms with Crippen LogP contribution in [0.2, 0.25) is 0 Å². The van der Waals surface area contributed by atoms with Crippen LogP contribution in [0.3, 0.4) is 0 Å². The van der Waals surface area contributed by atoms with E-state index in [-0.39, 0.29) is 52.8 Å². The van der Waals surface area contributed by atoms with Gasteiger partial charge in [0, 0.05) is 0 Å². The molecular formula is C18H15AlClF3MgOSi. The van der Waals surface area contributed by atoms with Gasteiger partial charge in [0.05, 0.1) is 8.32 Å². The molecule has 1 nitrogen and oxygen atoms in total. The number of hydrogen-bond donors (Lipinski definition) is 0. The molecule has 0 radical (unpaired) electrons. The first-order valence-electron chi connectivity index (χ1n) is 6.99. The molecule has 0 fully saturated rings. The van der Waals surface area contributed by atoms with Crippen LogP contribution >= 0.6 is 0 Å². The van der Waals surface area contributed by atoms with Crippen LogP contribution in [0.15, 0.2) is 72.8 Å². The Hall–Kier alpha value is -0.784. The third kappa shape index (κ3) is 5.14. The average Bonchev–Trinajstić information content (AvgIpc) is 2.56. The quantitative estimate of drug-likeness (QED) is 0.326. The van der Waals surface area contributed by atoms with E-state index in [2.05, 4.69) is 0 Å². The molecule has 3 aromatic carbocycles. The maximum absolute atomic E-state index is 13.8. The van der Waals surface area contributed by atoms with Crippen molar-refractivity contribution in [3.05, 3.63) is 90.2 Å². The van der Waals surface area contributed by atoms with Crippen LogP contribution in [0.25, 0.3) is 0 Å². The Balaban J connectivity index is 0.00000208. The number of hydrogen-bond acceptors (Lipinski definition) is 1. The van der Waals surface area contributed by atoms with Crippen molar-refractivity contribution in [2.75, 3.05) is 0 Å². The van der Waals surface area contributed by atoms with Crippen LogP contribution in [0.4, 0.5) is 13.2 Å². The van der Waals surface area contributed by atoms with E-state index in [0.29, 0.717) is 15.6 Å². The van der Waals surface area contributed by atoms with Gasteiger partial charge in [-0.15, -0.1) is 0 Å². The molecule has 0 aliphatic rings. The van der Waals surface area contributed by atoms with E-state index < -0.39 is 25.8 Å². The Morgan fingerprint density at radius 2 is 0.731 bits per heavy atom. The fraction of sp³-hybridized carbons (Fsp3) is 0. The zero-order valence-corrected chi connectivity index (χ0v) is 16.2. The van der Waals surface area contributed by atoms with E-state index >= 15 is 0 Å². The second-order valence-corrected chi connectivity index (χ2v) is 8.30. The Morgan fingerprint density at radius 3 is 0.923 bits per heavy atom. The maximum Gasteiger partial charge on any atom is 2.00 e. The van der Waals surface area contributed by atoms with Crippen molar-refractivity contribution in [1.29, 1.82) is 0 Å². The third-order valence-corrected chi connectivity index (χ3v) is 7.19. The second-order valence-electron chi connectivity index (χ2n) is 5.20. The standard InChI is InChI=1S/C18H12F3OSi.Al.ClH.Mg.3H/c19-13-1-7-16(8-2-13)23(22,17-9-3-14(20)4-10-17)18-11-5-15(21)6-12-18;;;;;;/h1-12H;;1H;;;;/q-1;;;+2;;;/p-1. The molecule has 0 atom stereocenters. The van der Waals surface area contributed by atoms with Gasteiger partial charge in [0.2, 0.25) is 0 Å². The predicted octanol–water partition coefficient (Wildman–Crippen LogP) is -3.13. The van der Waals surface area contributed by atoms with Crippen molar-refractivity contribution < 1.29 is 30.4 Å². The van der Waals surface area contributed by atoms with Crippen molar-refractivity contribution >= 4 is 64.3 Å². The molecule has 0 saturated carbocycles. The molecule has 0 heterocycles. The van der Waals surface area contributed by atoms with Crippen molar-refractivity contribution in [2.45, 2.75) is 0 Å². The van der Waals surface area contributed by atoms with Gasteiger partial charge in [-0.1, -0.05) is 52.0 Å². The fourth-order valence-electron chi connectivity index (χ4n) is 2.55. The van der Waals surface area contributed by atoms with Crippen LogP contribution in [0.5, 0.6) is 0 Å². The molecule has 3 aromatic rings. The first-order chi connectivity index (χ1) is 11.0. The molecule has 0 aliphatic heterocycles. The van der Waals surface area contributed by atoms with Crippen molar-refractivity contribution in [1.82, 2.24) is 0 Å². The first kappa shape index (κ1) is 25.2. The summed E-state index contributed by atoms with van der Waals surface area (Å²) in [6.07, 6.45) is 0. The Kier molecular flexibility index (Phi) is 10.2. The number of benzene rings is 3. The van der Waals surface area contributed by atoms with E-state index in [4.69, 9.17) is 0 Å². The molecule has 130 valence electrons. The van der Waals surface area contributed by atoms with Gasteiger partial charge in [0.1, 0.15) is 17.5 Å². The van der Waals surface area contributed by atoms with Crippen molar-refractivity contribution in [2.24, 2.45) is 0 Å². The SMILES string of the molecule is [AlH3].[Cl-].[Mg+2].[O-][Si](c1ccc(F)cc1)(c1ccc(F)cc1)c1ccc(F)cc1. The second kappa shape index (κ2) is 10.5. The van der Waals surface area contributed by atoms with Gasteiger partial charge in [0.15, 0.2) is 17.4 Å². The third-order valence-electron chi connectivity index (χ3n) is 3.75. The molecular weight excluding hydrogens is 404 g/mol. The van der Waals surface area contributed by atoms with Crippen LogP contribution in [0.1, 0.15) is 0 Å². The van der Waals surface area contributed by atoms with Gasteiger partial charge in [-0.3, -0.25) is 0 Å².